The molecular formula is C9H13Cl3N2O2S. The number of carbonyl (C=O) groups is 2. The lowest BCUT2D eigenvalue weighted by atomic mass is 9.80. The lowest BCUT2D eigenvalue weighted by molar-refractivity contribution is -0.127. The molecule has 1 fully saturated rings. The number of nitrogens with one attached hydrogen (secondary N) is 1. The maximum atomic E-state index is 11.7. The molecule has 1 saturated carbocycles. The quantitative estimate of drug-likeness (QED) is 0.609. The van der Waals surface area contributed by atoms with Crippen LogP contribution in [0.3, 0.4) is 0 Å². The van der Waals surface area contributed by atoms with Gasteiger partial charge in [0.15, 0.2) is 0 Å². The van der Waals surface area contributed by atoms with Gasteiger partial charge in [0.05, 0.1) is 22.6 Å². The van der Waals surface area contributed by atoms with E-state index in [-0.39, 0.29) is 5.91 Å². The van der Waals surface area contributed by atoms with Crippen LogP contribution in [0.4, 0.5) is 0 Å². The first-order chi connectivity index (χ1) is 7.90. The molecule has 0 spiro atoms. The summed E-state index contributed by atoms with van der Waals surface area (Å²) in [5.74, 6) is -2.03. The second kappa shape index (κ2) is 6.36. The van der Waals surface area contributed by atoms with Crippen LogP contribution in [0.25, 0.3) is 0 Å². The number of rotatable bonds is 3. The molecule has 2 amide bonds. The minimum Gasteiger partial charge on any atom is -0.369 e. The maximum Gasteiger partial charge on any atom is 0.234 e. The molecule has 0 aromatic carbocycles. The molecular weight excluding hydrogens is 307 g/mol. The Morgan fingerprint density at radius 1 is 1.29 bits per heavy atom. The zero-order valence-electron chi connectivity index (χ0n) is 9.03. The Bertz CT molecular complexity index is 319. The van der Waals surface area contributed by atoms with Crippen LogP contribution in [0, 0.1) is 11.8 Å². The number of halogens is 3. The third kappa shape index (κ3) is 3.34. The molecule has 8 heteroatoms. The summed E-state index contributed by atoms with van der Waals surface area (Å²) in [5, 5.41) is -1.96. The molecule has 17 heavy (non-hydrogen) atoms. The van der Waals surface area contributed by atoms with Crippen molar-refractivity contribution in [1.82, 2.24) is 4.72 Å². The van der Waals surface area contributed by atoms with Crippen molar-refractivity contribution in [3.8, 4) is 0 Å². The van der Waals surface area contributed by atoms with E-state index in [2.05, 4.69) is 4.72 Å². The number of nitrogens with two attached hydrogens (primary N) is 1. The fraction of sp³-hybridized carbons (Fsp3) is 0.778. The third-order valence-corrected chi connectivity index (χ3v) is 4.87. The van der Waals surface area contributed by atoms with Gasteiger partial charge in [-0.05, 0) is 6.42 Å². The van der Waals surface area contributed by atoms with Crippen molar-refractivity contribution in [2.45, 2.75) is 22.6 Å². The average Bonchev–Trinajstić information content (AvgIpc) is 2.23. The van der Waals surface area contributed by atoms with Gasteiger partial charge in [-0.15, -0.1) is 34.8 Å². The number of hydrogen-bond acceptors (Lipinski definition) is 3. The van der Waals surface area contributed by atoms with Crippen LogP contribution >= 0.6 is 46.8 Å². The molecule has 0 radical (unpaired) electrons. The summed E-state index contributed by atoms with van der Waals surface area (Å²) < 4.78 is 2.59. The van der Waals surface area contributed by atoms with Crippen LogP contribution in [-0.2, 0) is 9.59 Å². The van der Waals surface area contributed by atoms with Crippen molar-refractivity contribution in [2.24, 2.45) is 17.6 Å². The van der Waals surface area contributed by atoms with Crippen molar-refractivity contribution in [3.63, 3.8) is 0 Å². The van der Waals surface area contributed by atoms with Crippen molar-refractivity contribution < 1.29 is 9.59 Å². The van der Waals surface area contributed by atoms with E-state index in [0.717, 1.165) is 0 Å². The van der Waals surface area contributed by atoms with Gasteiger partial charge in [0, 0.05) is 11.6 Å². The van der Waals surface area contributed by atoms with Crippen LogP contribution in [0.5, 0.6) is 0 Å². The first-order valence-electron chi connectivity index (χ1n) is 4.94. The third-order valence-electron chi connectivity index (χ3n) is 2.77. The normalized spacial score (nSPS) is 37.5. The van der Waals surface area contributed by atoms with Gasteiger partial charge < -0.3 is 10.5 Å². The molecule has 0 bridgehead atoms. The zero-order chi connectivity index (χ0) is 13.2. The molecule has 5 atom stereocenters. The van der Waals surface area contributed by atoms with Gasteiger partial charge in [0.2, 0.25) is 11.8 Å². The summed E-state index contributed by atoms with van der Waals surface area (Å²) in [4.78, 5) is 22.9. The van der Waals surface area contributed by atoms with Gasteiger partial charge >= 0.3 is 0 Å². The molecule has 0 heterocycles. The minimum absolute atomic E-state index is 0.225. The maximum absolute atomic E-state index is 11.7. The second-order valence-corrected chi connectivity index (χ2v) is 6.03. The molecule has 0 aliphatic heterocycles. The highest BCUT2D eigenvalue weighted by molar-refractivity contribution is 7.97. The smallest absolute Gasteiger partial charge is 0.234 e. The fourth-order valence-electron chi connectivity index (χ4n) is 1.90. The van der Waals surface area contributed by atoms with E-state index in [0.29, 0.717) is 6.42 Å². The zero-order valence-corrected chi connectivity index (χ0v) is 12.1. The first-order valence-corrected chi connectivity index (χ1v) is 7.48. The van der Waals surface area contributed by atoms with E-state index in [1.807, 2.05) is 0 Å². The SMILES string of the molecule is CSNC(=O)C1CC(Cl)C(C(N)=O)C(Cl)C1Cl. The lowest BCUT2D eigenvalue weighted by Gasteiger charge is -2.37. The molecule has 1 rings (SSSR count). The van der Waals surface area contributed by atoms with Crippen molar-refractivity contribution in [1.29, 1.82) is 0 Å². The van der Waals surface area contributed by atoms with E-state index >= 15 is 0 Å². The number of carbonyl (C=O) groups excluding carboxylic acids is 2. The van der Waals surface area contributed by atoms with Gasteiger partial charge in [-0.3, -0.25) is 9.59 Å². The predicted molar refractivity (Wildman–Crippen MR) is 71.4 cm³/mol. The Balaban J connectivity index is 2.82. The lowest BCUT2D eigenvalue weighted by Crippen LogP contribution is -2.52. The van der Waals surface area contributed by atoms with Crippen LogP contribution in [0.1, 0.15) is 6.42 Å². The number of hydrogen-bond donors (Lipinski definition) is 2. The standard InChI is InChI=1S/C9H13Cl3N2O2S/c1-17-14-9(16)3-2-4(10)5(8(13)15)7(12)6(3)11/h3-7H,2H2,1H3,(H2,13,15)(H,14,16). The summed E-state index contributed by atoms with van der Waals surface area (Å²) in [6.45, 7) is 0. The van der Waals surface area contributed by atoms with Crippen molar-refractivity contribution in [3.05, 3.63) is 0 Å². The Hall–Kier alpha value is 0.160. The second-order valence-electron chi connectivity index (χ2n) is 3.85. The van der Waals surface area contributed by atoms with E-state index in [1.165, 1.54) is 11.9 Å². The van der Waals surface area contributed by atoms with Gasteiger partial charge in [-0.1, -0.05) is 11.9 Å². The molecule has 1 aliphatic rings. The van der Waals surface area contributed by atoms with Crippen LogP contribution in [0.15, 0.2) is 0 Å². The van der Waals surface area contributed by atoms with Gasteiger partial charge in [-0.2, -0.15) is 0 Å². The highest BCUT2D eigenvalue weighted by atomic mass is 35.5. The topological polar surface area (TPSA) is 72.2 Å². The Morgan fingerprint density at radius 3 is 2.35 bits per heavy atom. The fourth-order valence-corrected chi connectivity index (χ4v) is 3.65. The molecule has 5 unspecified atom stereocenters. The van der Waals surface area contributed by atoms with Crippen molar-refractivity contribution >= 4 is 58.6 Å². The first kappa shape index (κ1) is 15.2. The largest absolute Gasteiger partial charge is 0.369 e. The monoisotopic (exact) mass is 318 g/mol. The number of alkyl halides is 3. The Kier molecular flexibility index (Phi) is 5.70. The Labute approximate surface area is 119 Å². The molecule has 4 nitrogen and oxygen atoms in total. The Morgan fingerprint density at radius 2 is 1.88 bits per heavy atom. The summed E-state index contributed by atoms with van der Waals surface area (Å²) in [6, 6.07) is 0. The van der Waals surface area contributed by atoms with E-state index in [9.17, 15) is 9.59 Å². The summed E-state index contributed by atoms with van der Waals surface area (Å²) in [7, 11) is 0. The molecule has 0 saturated heterocycles. The number of amides is 2. The molecule has 0 aromatic rings. The average molecular weight is 320 g/mol. The summed E-state index contributed by atoms with van der Waals surface area (Å²) in [6.07, 6.45) is 2.02. The van der Waals surface area contributed by atoms with Gasteiger partial charge in [-0.25, -0.2) is 0 Å². The number of primary amides is 1. The van der Waals surface area contributed by atoms with E-state index in [4.69, 9.17) is 40.5 Å². The van der Waals surface area contributed by atoms with E-state index < -0.39 is 33.9 Å². The predicted octanol–water partition coefficient (Wildman–Crippen LogP) is 1.32. The van der Waals surface area contributed by atoms with Crippen LogP contribution in [0.2, 0.25) is 0 Å². The molecule has 0 aromatic heterocycles. The van der Waals surface area contributed by atoms with Crippen molar-refractivity contribution in [2.75, 3.05) is 6.26 Å². The highest BCUT2D eigenvalue weighted by Gasteiger charge is 2.47. The molecule has 98 valence electrons. The van der Waals surface area contributed by atoms with Crippen LogP contribution in [-0.4, -0.2) is 34.2 Å². The highest BCUT2D eigenvalue weighted by Crippen LogP contribution is 2.39. The summed E-state index contributed by atoms with van der Waals surface area (Å²) in [5.41, 5.74) is 5.22. The molecule has 1 aliphatic carbocycles. The summed E-state index contributed by atoms with van der Waals surface area (Å²) >= 11 is 19.4. The molecule has 3 N–H and O–H groups in total. The van der Waals surface area contributed by atoms with Gasteiger partial charge in [0.25, 0.3) is 0 Å². The van der Waals surface area contributed by atoms with E-state index in [1.54, 1.807) is 6.26 Å². The minimum atomic E-state index is -0.733. The van der Waals surface area contributed by atoms with Gasteiger partial charge in [0.1, 0.15) is 0 Å². The van der Waals surface area contributed by atoms with Crippen LogP contribution < -0.4 is 10.5 Å².